The molecule has 0 spiro atoms. The molecule has 0 bridgehead atoms. The number of hydrogen-bond donors (Lipinski definition) is 0. The van der Waals surface area contributed by atoms with Gasteiger partial charge in [-0.1, -0.05) is 50.0 Å². The summed E-state index contributed by atoms with van der Waals surface area (Å²) in [5, 5.41) is 1.42. The lowest BCUT2D eigenvalue weighted by atomic mass is 10.1. The second-order valence-corrected chi connectivity index (χ2v) is 12.1. The molecular formula is C21H23NOSi. The van der Waals surface area contributed by atoms with Crippen molar-refractivity contribution in [2.24, 2.45) is 0 Å². The Hall–Kier alpha value is -2.39. The van der Waals surface area contributed by atoms with E-state index in [9.17, 15) is 0 Å². The highest BCUT2D eigenvalue weighted by molar-refractivity contribution is 6.89. The number of para-hydroxylation sites is 1. The minimum Gasteiger partial charge on any atom is -0.457 e. The van der Waals surface area contributed by atoms with E-state index in [1.807, 2.05) is 48.5 Å². The normalized spacial score (nSPS) is 11.3. The predicted octanol–water partition coefficient (Wildman–Crippen LogP) is 5.39. The Morgan fingerprint density at radius 3 is 2.21 bits per heavy atom. The van der Waals surface area contributed by atoms with Crippen LogP contribution in [-0.4, -0.2) is 13.1 Å². The summed E-state index contributed by atoms with van der Waals surface area (Å²) in [6, 6.07) is 20.1. The molecule has 3 heteroatoms. The first kappa shape index (κ1) is 16.5. The largest absolute Gasteiger partial charge is 0.457 e. The van der Waals surface area contributed by atoms with Crippen molar-refractivity contribution >= 4 is 13.3 Å². The van der Waals surface area contributed by atoms with Crippen molar-refractivity contribution in [1.82, 2.24) is 4.98 Å². The second kappa shape index (κ2) is 6.61. The van der Waals surface area contributed by atoms with Crippen LogP contribution in [0.25, 0.3) is 11.3 Å². The first-order chi connectivity index (χ1) is 11.4. The summed E-state index contributed by atoms with van der Waals surface area (Å²) in [6.45, 7) is 9.24. The van der Waals surface area contributed by atoms with Crippen LogP contribution < -0.4 is 9.92 Å². The SMILES string of the molecule is Cc1cc(-c2cccc(Oc3ccccc3)c2)ncc1[Si](C)(C)C. The van der Waals surface area contributed by atoms with Crippen molar-refractivity contribution in [1.29, 1.82) is 0 Å². The number of pyridine rings is 1. The molecule has 0 aliphatic carbocycles. The second-order valence-electron chi connectivity index (χ2n) is 7.08. The van der Waals surface area contributed by atoms with Crippen molar-refractivity contribution < 1.29 is 4.74 Å². The molecule has 3 rings (SSSR count). The van der Waals surface area contributed by atoms with Crippen molar-refractivity contribution in [2.45, 2.75) is 26.6 Å². The van der Waals surface area contributed by atoms with Crippen LogP contribution >= 0.6 is 0 Å². The molecule has 0 atom stereocenters. The van der Waals surface area contributed by atoms with E-state index in [-0.39, 0.29) is 0 Å². The van der Waals surface area contributed by atoms with Crippen LogP contribution in [0.3, 0.4) is 0 Å². The number of aromatic nitrogens is 1. The van der Waals surface area contributed by atoms with Gasteiger partial charge in [-0.2, -0.15) is 0 Å². The molecule has 0 radical (unpaired) electrons. The van der Waals surface area contributed by atoms with Crippen molar-refractivity contribution in [3.8, 4) is 22.8 Å². The topological polar surface area (TPSA) is 22.1 Å². The van der Waals surface area contributed by atoms with E-state index in [4.69, 9.17) is 9.72 Å². The maximum Gasteiger partial charge on any atom is 0.128 e. The highest BCUT2D eigenvalue weighted by atomic mass is 28.3. The molecule has 0 saturated carbocycles. The molecule has 1 aromatic heterocycles. The zero-order valence-electron chi connectivity index (χ0n) is 14.7. The number of hydrogen-bond acceptors (Lipinski definition) is 2. The van der Waals surface area contributed by atoms with Crippen molar-refractivity contribution in [3.05, 3.63) is 72.4 Å². The van der Waals surface area contributed by atoms with Gasteiger partial charge in [-0.05, 0) is 48.0 Å². The van der Waals surface area contributed by atoms with E-state index in [0.29, 0.717) is 0 Å². The van der Waals surface area contributed by atoms with Crippen molar-refractivity contribution in [2.75, 3.05) is 0 Å². The number of benzene rings is 2. The summed E-state index contributed by atoms with van der Waals surface area (Å²) < 4.78 is 5.93. The summed E-state index contributed by atoms with van der Waals surface area (Å²) in [4.78, 5) is 4.70. The van der Waals surface area contributed by atoms with Gasteiger partial charge in [0, 0.05) is 11.8 Å². The highest BCUT2D eigenvalue weighted by Crippen LogP contribution is 2.26. The minimum atomic E-state index is -1.35. The van der Waals surface area contributed by atoms with Gasteiger partial charge >= 0.3 is 0 Å². The number of nitrogens with zero attached hydrogens (tertiary/aromatic N) is 1. The molecule has 1 heterocycles. The molecule has 3 aromatic rings. The van der Waals surface area contributed by atoms with Gasteiger partial charge in [-0.3, -0.25) is 4.98 Å². The maximum atomic E-state index is 5.93. The maximum absolute atomic E-state index is 5.93. The van der Waals surface area contributed by atoms with E-state index in [1.165, 1.54) is 10.8 Å². The summed E-state index contributed by atoms with van der Waals surface area (Å²) >= 11 is 0. The molecule has 24 heavy (non-hydrogen) atoms. The summed E-state index contributed by atoms with van der Waals surface area (Å²) in [7, 11) is -1.35. The van der Waals surface area contributed by atoms with Crippen LogP contribution in [0.15, 0.2) is 66.9 Å². The Balaban J connectivity index is 1.90. The third-order valence-electron chi connectivity index (χ3n) is 4.03. The van der Waals surface area contributed by atoms with Crippen LogP contribution in [0.4, 0.5) is 0 Å². The lowest BCUT2D eigenvalue weighted by Gasteiger charge is -2.19. The fraction of sp³-hybridized carbons (Fsp3) is 0.190. The van der Waals surface area contributed by atoms with Crippen molar-refractivity contribution in [3.63, 3.8) is 0 Å². The van der Waals surface area contributed by atoms with Crippen LogP contribution in [0.1, 0.15) is 5.56 Å². The zero-order chi connectivity index (χ0) is 17.2. The molecule has 2 nitrogen and oxygen atoms in total. The Labute approximate surface area is 145 Å². The van der Waals surface area contributed by atoms with Gasteiger partial charge in [0.25, 0.3) is 0 Å². The fourth-order valence-corrected chi connectivity index (χ4v) is 4.55. The van der Waals surface area contributed by atoms with Gasteiger partial charge in [-0.15, -0.1) is 0 Å². The smallest absolute Gasteiger partial charge is 0.128 e. The molecule has 0 N–H and O–H groups in total. The molecule has 122 valence electrons. The van der Waals surface area contributed by atoms with Crippen LogP contribution in [0, 0.1) is 6.92 Å². The molecule has 2 aromatic carbocycles. The minimum absolute atomic E-state index is 0.826. The van der Waals surface area contributed by atoms with Crippen LogP contribution in [-0.2, 0) is 0 Å². The zero-order valence-corrected chi connectivity index (χ0v) is 15.7. The molecule has 0 saturated heterocycles. The number of ether oxygens (including phenoxy) is 1. The molecule has 0 aliphatic heterocycles. The third-order valence-corrected chi connectivity index (χ3v) is 6.17. The first-order valence-corrected chi connectivity index (χ1v) is 11.7. The molecular weight excluding hydrogens is 310 g/mol. The van der Waals surface area contributed by atoms with E-state index in [0.717, 1.165) is 22.8 Å². The Bertz CT molecular complexity index is 838. The predicted molar refractivity (Wildman–Crippen MR) is 104 cm³/mol. The lowest BCUT2D eigenvalue weighted by Crippen LogP contribution is -2.39. The van der Waals surface area contributed by atoms with Gasteiger partial charge in [0.15, 0.2) is 0 Å². The van der Waals surface area contributed by atoms with Gasteiger partial charge in [0.2, 0.25) is 0 Å². The summed E-state index contributed by atoms with van der Waals surface area (Å²) in [5.74, 6) is 1.67. The molecule has 0 amide bonds. The number of rotatable bonds is 4. The van der Waals surface area contributed by atoms with Crippen LogP contribution in [0.2, 0.25) is 19.6 Å². The Kier molecular flexibility index (Phi) is 4.54. The van der Waals surface area contributed by atoms with E-state index in [1.54, 1.807) is 0 Å². The average molecular weight is 334 g/mol. The molecule has 0 fully saturated rings. The molecule has 0 aliphatic rings. The number of aryl methyl sites for hydroxylation is 1. The monoisotopic (exact) mass is 333 g/mol. The fourth-order valence-electron chi connectivity index (χ4n) is 2.84. The van der Waals surface area contributed by atoms with Gasteiger partial charge in [0.05, 0.1) is 13.8 Å². The standard InChI is InChI=1S/C21H23NOSi/c1-16-13-20(22-15-21(16)24(2,3)4)17-9-8-12-19(14-17)23-18-10-6-5-7-11-18/h5-15H,1-4H3. The Morgan fingerprint density at radius 1 is 0.833 bits per heavy atom. The Morgan fingerprint density at radius 2 is 1.54 bits per heavy atom. The van der Waals surface area contributed by atoms with E-state index < -0.39 is 8.07 Å². The van der Waals surface area contributed by atoms with Crippen LogP contribution in [0.5, 0.6) is 11.5 Å². The van der Waals surface area contributed by atoms with E-state index >= 15 is 0 Å². The highest BCUT2D eigenvalue weighted by Gasteiger charge is 2.19. The quantitative estimate of drug-likeness (QED) is 0.597. The van der Waals surface area contributed by atoms with Gasteiger partial charge < -0.3 is 4.74 Å². The third kappa shape index (κ3) is 3.74. The van der Waals surface area contributed by atoms with Gasteiger partial charge in [0.1, 0.15) is 11.5 Å². The van der Waals surface area contributed by atoms with Gasteiger partial charge in [-0.25, -0.2) is 0 Å². The molecule has 0 unspecified atom stereocenters. The lowest BCUT2D eigenvalue weighted by molar-refractivity contribution is 0.483. The summed E-state index contributed by atoms with van der Waals surface area (Å²) in [5.41, 5.74) is 3.40. The van der Waals surface area contributed by atoms with E-state index in [2.05, 4.69) is 44.9 Å². The first-order valence-electron chi connectivity index (χ1n) is 8.24. The average Bonchev–Trinajstić information content (AvgIpc) is 2.55. The summed E-state index contributed by atoms with van der Waals surface area (Å²) in [6.07, 6.45) is 2.06.